The summed E-state index contributed by atoms with van der Waals surface area (Å²) < 4.78 is 95.3. The molecule has 6 aromatic rings. The first-order chi connectivity index (χ1) is 29.1. The van der Waals surface area contributed by atoms with Crippen LogP contribution in [0.15, 0.2) is 109 Å². The molecule has 0 bridgehead atoms. The molecule has 0 saturated heterocycles. The van der Waals surface area contributed by atoms with E-state index >= 15 is 0 Å². The summed E-state index contributed by atoms with van der Waals surface area (Å²) in [6.45, 7) is 19.8. The minimum Gasteiger partial charge on any atom is -0.457 e. The summed E-state index contributed by atoms with van der Waals surface area (Å²) >= 11 is 0. The molecule has 0 aromatic heterocycles. The van der Waals surface area contributed by atoms with E-state index < -0.39 is 28.9 Å². The fraction of sp³-hybridized carbons (Fsp3) is 0.345. The molecule has 326 valence electrons. The fourth-order valence-electron chi connectivity index (χ4n) is 8.84. The summed E-state index contributed by atoms with van der Waals surface area (Å²) in [5.74, 6) is 1.67. The Morgan fingerprint density at radius 2 is 0.677 bits per heavy atom. The monoisotopic (exact) mass is 848 g/mol. The first kappa shape index (κ1) is 46.2. The quantitative estimate of drug-likeness (QED) is 0.105. The zero-order valence-electron chi connectivity index (χ0n) is 37.6. The van der Waals surface area contributed by atoms with Gasteiger partial charge in [0, 0.05) is 5.41 Å². The number of rotatable bonds is 13. The molecule has 0 saturated carbocycles. The van der Waals surface area contributed by atoms with Gasteiger partial charge in [0.1, 0.15) is 11.5 Å². The van der Waals surface area contributed by atoms with Gasteiger partial charge in [-0.1, -0.05) is 98.8 Å². The van der Waals surface area contributed by atoms with E-state index in [4.69, 9.17) is 4.74 Å². The zero-order valence-corrected chi connectivity index (χ0v) is 37.6. The minimum absolute atomic E-state index is 0.249. The molecule has 0 spiro atoms. The Kier molecular flexibility index (Phi) is 13.3. The lowest BCUT2D eigenvalue weighted by atomic mass is 9.71. The molecule has 0 N–H and O–H groups in total. The van der Waals surface area contributed by atoms with Gasteiger partial charge >= 0.3 is 12.4 Å². The molecule has 0 aliphatic heterocycles. The SMILES string of the molecule is CCC(C)(c1ccc(CCc2ccc(Oc3ccc(C)c(C)c3)cc2C)c(C)c1)c1ccc(CCc2ccc(C(c3ccc(C)c(C)c3)(C(F)(F)F)C(F)(F)F)cc2C)c(C)c1. The van der Waals surface area contributed by atoms with E-state index in [-0.39, 0.29) is 5.41 Å². The maximum atomic E-state index is 14.9. The Morgan fingerprint density at radius 1 is 0.371 bits per heavy atom. The average Bonchev–Trinajstić information content (AvgIpc) is 3.19. The van der Waals surface area contributed by atoms with Crippen LogP contribution in [0.3, 0.4) is 0 Å². The van der Waals surface area contributed by atoms with Crippen molar-refractivity contribution in [2.45, 2.75) is 125 Å². The van der Waals surface area contributed by atoms with Gasteiger partial charge in [-0.05, 0) is 201 Å². The Labute approximate surface area is 364 Å². The zero-order chi connectivity index (χ0) is 45.4. The first-order valence-electron chi connectivity index (χ1n) is 21.4. The van der Waals surface area contributed by atoms with Crippen LogP contribution in [-0.4, -0.2) is 12.4 Å². The van der Waals surface area contributed by atoms with Crippen molar-refractivity contribution in [3.05, 3.63) is 198 Å². The van der Waals surface area contributed by atoms with Gasteiger partial charge in [-0.25, -0.2) is 0 Å². The number of aryl methyl sites for hydroxylation is 12. The van der Waals surface area contributed by atoms with Crippen LogP contribution in [0.1, 0.15) is 109 Å². The highest BCUT2D eigenvalue weighted by Crippen LogP contribution is 2.56. The van der Waals surface area contributed by atoms with E-state index in [0.717, 1.165) is 66.2 Å². The summed E-state index contributed by atoms with van der Waals surface area (Å²) in [4.78, 5) is 0. The van der Waals surface area contributed by atoms with Crippen LogP contribution >= 0.6 is 0 Å². The third-order valence-electron chi connectivity index (χ3n) is 13.6. The fourth-order valence-corrected chi connectivity index (χ4v) is 8.84. The molecule has 62 heavy (non-hydrogen) atoms. The lowest BCUT2D eigenvalue weighted by molar-refractivity contribution is -0.288. The number of ether oxygens (including phenoxy) is 1. The van der Waals surface area contributed by atoms with Crippen LogP contribution in [0, 0.1) is 55.4 Å². The molecule has 0 fully saturated rings. The summed E-state index contributed by atoms with van der Waals surface area (Å²) in [5.41, 5.74) is 8.10. The van der Waals surface area contributed by atoms with Crippen molar-refractivity contribution >= 4 is 0 Å². The van der Waals surface area contributed by atoms with Crippen molar-refractivity contribution in [2.24, 2.45) is 0 Å². The van der Waals surface area contributed by atoms with Crippen LogP contribution in [-0.2, 0) is 36.5 Å². The van der Waals surface area contributed by atoms with Crippen LogP contribution in [0.25, 0.3) is 0 Å². The van der Waals surface area contributed by atoms with E-state index in [0.29, 0.717) is 35.1 Å². The van der Waals surface area contributed by atoms with E-state index in [1.54, 1.807) is 13.8 Å². The second-order valence-corrected chi connectivity index (χ2v) is 17.6. The molecule has 0 aliphatic rings. The van der Waals surface area contributed by atoms with Gasteiger partial charge in [-0.3, -0.25) is 0 Å². The highest BCUT2D eigenvalue weighted by atomic mass is 19.4. The molecule has 0 aliphatic carbocycles. The predicted octanol–water partition coefficient (Wildman–Crippen LogP) is 15.6. The largest absolute Gasteiger partial charge is 0.457 e. The van der Waals surface area contributed by atoms with Gasteiger partial charge in [0.25, 0.3) is 0 Å². The maximum absolute atomic E-state index is 14.9. The second-order valence-electron chi connectivity index (χ2n) is 17.6. The van der Waals surface area contributed by atoms with Crippen molar-refractivity contribution in [1.82, 2.24) is 0 Å². The van der Waals surface area contributed by atoms with E-state index in [1.807, 2.05) is 12.1 Å². The highest BCUT2D eigenvalue weighted by Gasteiger charge is 2.72. The molecule has 1 nitrogen and oxygen atoms in total. The third-order valence-corrected chi connectivity index (χ3v) is 13.6. The Bertz CT molecular complexity index is 2560. The van der Waals surface area contributed by atoms with E-state index in [1.165, 1.54) is 63.6 Å². The van der Waals surface area contributed by atoms with Crippen molar-refractivity contribution in [3.8, 4) is 11.5 Å². The van der Waals surface area contributed by atoms with Gasteiger partial charge < -0.3 is 4.74 Å². The second kappa shape index (κ2) is 17.8. The number of alkyl halides is 6. The molecule has 6 aromatic carbocycles. The Hall–Kier alpha value is -5.30. The van der Waals surface area contributed by atoms with Crippen molar-refractivity contribution < 1.29 is 31.1 Å². The molecule has 6 rings (SSSR count). The number of hydrogen-bond acceptors (Lipinski definition) is 1. The molecule has 0 amide bonds. The molecule has 7 heteroatoms. The van der Waals surface area contributed by atoms with Crippen LogP contribution in [0.2, 0.25) is 0 Å². The minimum atomic E-state index is -5.63. The molecular formula is C55H58F6O. The highest BCUT2D eigenvalue weighted by molar-refractivity contribution is 5.50. The predicted molar refractivity (Wildman–Crippen MR) is 241 cm³/mol. The summed E-state index contributed by atoms with van der Waals surface area (Å²) in [6.07, 6.45) is -7.48. The molecule has 1 unspecified atom stereocenters. The van der Waals surface area contributed by atoms with Crippen LogP contribution in [0.5, 0.6) is 11.5 Å². The Morgan fingerprint density at radius 3 is 1.05 bits per heavy atom. The van der Waals surface area contributed by atoms with Crippen LogP contribution in [0.4, 0.5) is 26.3 Å². The van der Waals surface area contributed by atoms with Crippen molar-refractivity contribution in [2.75, 3.05) is 0 Å². The summed E-state index contributed by atoms with van der Waals surface area (Å²) in [5, 5.41) is 0. The lowest BCUT2D eigenvalue weighted by Crippen LogP contribution is -2.54. The van der Waals surface area contributed by atoms with Gasteiger partial charge in [0.05, 0.1) is 0 Å². The molecule has 0 radical (unpaired) electrons. The molecule has 0 heterocycles. The normalized spacial score (nSPS) is 13.3. The topological polar surface area (TPSA) is 9.23 Å². The first-order valence-corrected chi connectivity index (χ1v) is 21.4. The van der Waals surface area contributed by atoms with E-state index in [9.17, 15) is 26.3 Å². The van der Waals surface area contributed by atoms with Gasteiger partial charge in [-0.2, -0.15) is 26.3 Å². The average molecular weight is 849 g/mol. The number of benzene rings is 6. The standard InChI is InChI=1S/C55H58F6O/c1-11-52(10,47-24-19-43(39(7)30-47)16-17-45-21-27-51(33-41(45)9)62-50-26-13-35(3)37(5)32-50)46-23-18-42(38(6)29-46)14-15-44-20-25-49(31-40(44)8)53(54(56,57)58,55(59,60)61)48-22-12-34(2)36(4)28-48/h12-13,18-33H,11,14-17H2,1-10H3. The third kappa shape index (κ3) is 9.09. The van der Waals surface area contributed by atoms with Gasteiger partial charge in [-0.15, -0.1) is 0 Å². The summed E-state index contributed by atoms with van der Waals surface area (Å²) in [6, 6.07) is 32.6. The van der Waals surface area contributed by atoms with Gasteiger partial charge in [0.2, 0.25) is 5.41 Å². The number of halogens is 6. The number of hydrogen-bond donors (Lipinski definition) is 0. The van der Waals surface area contributed by atoms with E-state index in [2.05, 4.69) is 109 Å². The Balaban J connectivity index is 1.16. The van der Waals surface area contributed by atoms with Crippen LogP contribution < -0.4 is 4.74 Å². The smallest absolute Gasteiger partial charge is 0.411 e. The molecular weight excluding hydrogens is 791 g/mol. The molecule has 1 atom stereocenters. The maximum Gasteiger partial charge on any atom is 0.411 e. The van der Waals surface area contributed by atoms with Gasteiger partial charge in [0.15, 0.2) is 0 Å². The lowest BCUT2D eigenvalue weighted by Gasteiger charge is -2.39. The van der Waals surface area contributed by atoms with Crippen molar-refractivity contribution in [3.63, 3.8) is 0 Å². The summed E-state index contributed by atoms with van der Waals surface area (Å²) in [7, 11) is 0. The van der Waals surface area contributed by atoms with Crippen molar-refractivity contribution in [1.29, 1.82) is 0 Å².